The Bertz CT molecular complexity index is 900. The molecule has 0 unspecified atom stereocenters. The van der Waals surface area contributed by atoms with Gasteiger partial charge in [0, 0.05) is 20.5 Å². The molecule has 0 aliphatic rings. The van der Waals surface area contributed by atoms with Crippen molar-refractivity contribution < 1.29 is 4.79 Å². The average molecular weight is 308 g/mol. The van der Waals surface area contributed by atoms with Crippen LogP contribution in [0.15, 0.2) is 30.3 Å². The van der Waals surface area contributed by atoms with Gasteiger partial charge in [-0.15, -0.1) is 11.3 Å². The highest BCUT2D eigenvalue weighted by atomic mass is 32.1. The number of rotatable bonds is 2. The first-order valence-electron chi connectivity index (χ1n) is 7.51. The van der Waals surface area contributed by atoms with Crippen molar-refractivity contribution in [2.24, 2.45) is 0 Å². The van der Waals surface area contributed by atoms with E-state index in [1.807, 2.05) is 0 Å². The van der Waals surface area contributed by atoms with Crippen molar-refractivity contribution >= 4 is 27.2 Å². The predicted molar refractivity (Wildman–Crippen MR) is 96.2 cm³/mol. The van der Waals surface area contributed by atoms with Crippen molar-refractivity contribution in [3.8, 4) is 10.4 Å². The Morgan fingerprint density at radius 3 is 2.36 bits per heavy atom. The van der Waals surface area contributed by atoms with Crippen LogP contribution in [0, 0.1) is 27.7 Å². The summed E-state index contributed by atoms with van der Waals surface area (Å²) in [4.78, 5) is 13.4. The fourth-order valence-electron chi connectivity index (χ4n) is 2.95. The lowest BCUT2D eigenvalue weighted by molar-refractivity contribution is 0.102. The van der Waals surface area contributed by atoms with E-state index in [0.29, 0.717) is 0 Å². The highest BCUT2D eigenvalue weighted by Gasteiger charge is 2.19. The van der Waals surface area contributed by atoms with Crippen LogP contribution in [-0.2, 0) is 0 Å². The van der Waals surface area contributed by atoms with Crippen LogP contribution < -0.4 is 0 Å². The molecule has 2 aromatic carbocycles. The van der Waals surface area contributed by atoms with Gasteiger partial charge in [0.25, 0.3) is 0 Å². The third-order valence-corrected chi connectivity index (χ3v) is 5.69. The van der Waals surface area contributed by atoms with Crippen LogP contribution in [-0.4, -0.2) is 5.78 Å². The first kappa shape index (κ1) is 15.0. The lowest BCUT2D eigenvalue weighted by Gasteiger charge is -2.11. The molecule has 0 aliphatic carbocycles. The highest BCUT2D eigenvalue weighted by Crippen LogP contribution is 2.41. The van der Waals surface area contributed by atoms with E-state index in [0.717, 1.165) is 15.8 Å². The Hall–Kier alpha value is -1.93. The summed E-state index contributed by atoms with van der Waals surface area (Å²) >= 11 is 1.73. The van der Waals surface area contributed by atoms with Crippen LogP contribution in [0.4, 0.5) is 0 Å². The maximum atomic E-state index is 12.3. The van der Waals surface area contributed by atoms with E-state index in [1.165, 1.54) is 32.5 Å². The van der Waals surface area contributed by atoms with Gasteiger partial charge in [0.05, 0.1) is 0 Å². The van der Waals surface area contributed by atoms with Gasteiger partial charge >= 0.3 is 0 Å². The summed E-state index contributed by atoms with van der Waals surface area (Å²) in [6.07, 6.45) is 0. The fraction of sp³-hybridized carbons (Fsp3) is 0.250. The summed E-state index contributed by atoms with van der Waals surface area (Å²) in [6.45, 7) is 10.2. The van der Waals surface area contributed by atoms with Crippen LogP contribution in [0.2, 0.25) is 0 Å². The van der Waals surface area contributed by atoms with Crippen molar-refractivity contribution in [1.82, 2.24) is 0 Å². The molecule has 0 bridgehead atoms. The van der Waals surface area contributed by atoms with Crippen molar-refractivity contribution in [3.63, 3.8) is 0 Å². The molecule has 0 saturated heterocycles. The minimum absolute atomic E-state index is 0.141. The first-order chi connectivity index (χ1) is 10.4. The van der Waals surface area contributed by atoms with Gasteiger partial charge in [0.2, 0.25) is 0 Å². The van der Waals surface area contributed by atoms with Crippen LogP contribution in [0.25, 0.3) is 20.5 Å². The van der Waals surface area contributed by atoms with Gasteiger partial charge in [-0.25, -0.2) is 0 Å². The minimum atomic E-state index is 0.141. The molecule has 1 nitrogen and oxygen atoms in total. The van der Waals surface area contributed by atoms with E-state index < -0.39 is 0 Å². The van der Waals surface area contributed by atoms with Crippen LogP contribution >= 0.6 is 11.3 Å². The zero-order chi connectivity index (χ0) is 16.0. The largest absolute Gasteiger partial charge is 0.294 e. The van der Waals surface area contributed by atoms with Gasteiger partial charge in [0.1, 0.15) is 0 Å². The summed E-state index contributed by atoms with van der Waals surface area (Å²) in [5.74, 6) is 0.141. The quantitative estimate of drug-likeness (QED) is 0.530. The molecule has 0 amide bonds. The molecule has 0 N–H and O–H groups in total. The maximum Gasteiger partial charge on any atom is 0.161 e. The summed E-state index contributed by atoms with van der Waals surface area (Å²) in [6, 6.07) is 10.6. The Morgan fingerprint density at radius 1 is 0.955 bits per heavy atom. The van der Waals surface area contributed by atoms with E-state index in [-0.39, 0.29) is 5.78 Å². The van der Waals surface area contributed by atoms with Crippen LogP contribution in [0.5, 0.6) is 0 Å². The molecule has 112 valence electrons. The number of fused-ring (bicyclic) bond motifs is 1. The third-order valence-electron chi connectivity index (χ3n) is 4.50. The zero-order valence-electron chi connectivity index (χ0n) is 13.7. The van der Waals surface area contributed by atoms with Crippen LogP contribution in [0.3, 0.4) is 0 Å². The Morgan fingerprint density at radius 2 is 1.68 bits per heavy atom. The van der Waals surface area contributed by atoms with Gasteiger partial charge in [-0.2, -0.15) is 0 Å². The molecule has 0 aliphatic heterocycles. The highest BCUT2D eigenvalue weighted by molar-refractivity contribution is 7.22. The topological polar surface area (TPSA) is 17.1 Å². The Labute approximate surface area is 135 Å². The van der Waals surface area contributed by atoms with Gasteiger partial charge in [0.15, 0.2) is 5.78 Å². The normalized spacial score (nSPS) is 11.1. The van der Waals surface area contributed by atoms with E-state index in [1.54, 1.807) is 18.3 Å². The standard InChI is InChI=1S/C20H20OS/c1-11-6-8-17-18(10-11)22-20(19(17)15(5)21)16-9-7-12(2)13(3)14(16)4/h6-10H,1-5H3. The summed E-state index contributed by atoms with van der Waals surface area (Å²) in [5, 5.41) is 1.08. The first-order valence-corrected chi connectivity index (χ1v) is 8.33. The zero-order valence-corrected chi connectivity index (χ0v) is 14.5. The van der Waals surface area contributed by atoms with Crippen molar-refractivity contribution in [2.75, 3.05) is 0 Å². The number of hydrogen-bond donors (Lipinski definition) is 0. The number of ketones is 1. The van der Waals surface area contributed by atoms with E-state index in [9.17, 15) is 4.79 Å². The number of aryl methyl sites for hydroxylation is 2. The number of thiophene rings is 1. The maximum absolute atomic E-state index is 12.3. The third kappa shape index (κ3) is 2.28. The lowest BCUT2D eigenvalue weighted by Crippen LogP contribution is -1.96. The number of hydrogen-bond acceptors (Lipinski definition) is 2. The molecule has 3 aromatic rings. The molecule has 1 aromatic heterocycles. The average Bonchev–Trinajstić information content (AvgIpc) is 2.83. The number of Topliss-reactive ketones (excluding diaryl/α,β-unsaturated/α-hetero) is 1. The molecule has 0 spiro atoms. The van der Waals surface area contributed by atoms with Crippen molar-refractivity contribution in [3.05, 3.63) is 58.1 Å². The molecule has 1 heterocycles. The molecule has 2 heteroatoms. The van der Waals surface area contributed by atoms with E-state index in [4.69, 9.17) is 0 Å². The van der Waals surface area contributed by atoms with Crippen LogP contribution in [0.1, 0.15) is 39.5 Å². The minimum Gasteiger partial charge on any atom is -0.294 e. The van der Waals surface area contributed by atoms with Gasteiger partial charge in [-0.3, -0.25) is 4.79 Å². The molecule has 0 saturated carbocycles. The predicted octanol–water partition coefficient (Wildman–Crippen LogP) is 6.00. The smallest absolute Gasteiger partial charge is 0.161 e. The molecule has 0 radical (unpaired) electrons. The number of carbonyl (C=O) groups is 1. The number of carbonyl (C=O) groups excluding carboxylic acids is 1. The molecular weight excluding hydrogens is 288 g/mol. The fourth-order valence-corrected chi connectivity index (χ4v) is 4.38. The summed E-state index contributed by atoms with van der Waals surface area (Å²) in [5.41, 5.74) is 7.15. The van der Waals surface area contributed by atoms with E-state index >= 15 is 0 Å². The summed E-state index contributed by atoms with van der Waals surface area (Å²) in [7, 11) is 0. The van der Waals surface area contributed by atoms with Gasteiger partial charge in [-0.1, -0.05) is 24.3 Å². The van der Waals surface area contributed by atoms with Crippen molar-refractivity contribution in [2.45, 2.75) is 34.6 Å². The van der Waals surface area contributed by atoms with Gasteiger partial charge < -0.3 is 0 Å². The van der Waals surface area contributed by atoms with Gasteiger partial charge in [-0.05, 0) is 68.5 Å². The van der Waals surface area contributed by atoms with E-state index in [2.05, 4.69) is 58.0 Å². The second kappa shape index (κ2) is 5.36. The van der Waals surface area contributed by atoms with Crippen molar-refractivity contribution in [1.29, 1.82) is 0 Å². The second-order valence-electron chi connectivity index (χ2n) is 6.04. The Balaban J connectivity index is 2.38. The summed E-state index contributed by atoms with van der Waals surface area (Å²) < 4.78 is 1.19. The lowest BCUT2D eigenvalue weighted by atomic mass is 9.95. The monoisotopic (exact) mass is 308 g/mol. The Kier molecular flexibility index (Phi) is 3.65. The molecule has 3 rings (SSSR count). The SMILES string of the molecule is CC(=O)c1c(-c2ccc(C)c(C)c2C)sc2cc(C)ccc12. The molecule has 22 heavy (non-hydrogen) atoms. The second-order valence-corrected chi connectivity index (χ2v) is 7.09. The number of benzene rings is 2. The molecule has 0 fully saturated rings. The molecule has 0 atom stereocenters. The molecular formula is C20H20OS.